The number of hydrogen-bond donors (Lipinski definition) is 2. The summed E-state index contributed by atoms with van der Waals surface area (Å²) < 4.78 is 6.41. The SMILES string of the molecule is Cc1cccc(OCCCNc2ccc(Br)cc2C(=O)O)c1. The van der Waals surface area contributed by atoms with Gasteiger partial charge in [-0.3, -0.25) is 0 Å². The summed E-state index contributed by atoms with van der Waals surface area (Å²) in [4.78, 5) is 11.2. The zero-order valence-corrected chi connectivity index (χ0v) is 13.9. The standard InChI is InChI=1S/C17H18BrNO3/c1-12-4-2-5-14(10-12)22-9-3-8-19-16-7-6-13(18)11-15(16)17(20)21/h2,4-7,10-11,19H,3,8-9H2,1H3,(H,20,21). The predicted octanol–water partition coefficient (Wildman–Crippen LogP) is 4.34. The van der Waals surface area contributed by atoms with Gasteiger partial charge >= 0.3 is 5.97 Å². The Morgan fingerprint density at radius 3 is 2.82 bits per heavy atom. The second-order valence-electron chi connectivity index (χ2n) is 4.94. The van der Waals surface area contributed by atoms with Gasteiger partial charge in [-0.25, -0.2) is 4.79 Å². The third-order valence-corrected chi connectivity index (χ3v) is 3.60. The number of benzene rings is 2. The number of anilines is 1. The molecule has 0 bridgehead atoms. The van der Waals surface area contributed by atoms with Gasteiger partial charge in [0.1, 0.15) is 5.75 Å². The zero-order valence-electron chi connectivity index (χ0n) is 12.3. The van der Waals surface area contributed by atoms with Crippen molar-refractivity contribution < 1.29 is 14.6 Å². The normalized spacial score (nSPS) is 10.3. The molecule has 0 aliphatic carbocycles. The minimum Gasteiger partial charge on any atom is -0.494 e. The molecule has 4 nitrogen and oxygen atoms in total. The molecule has 22 heavy (non-hydrogen) atoms. The minimum atomic E-state index is -0.945. The molecule has 2 aromatic carbocycles. The van der Waals surface area contributed by atoms with Crippen LogP contribution in [0.15, 0.2) is 46.9 Å². The molecule has 0 aliphatic rings. The Morgan fingerprint density at radius 2 is 2.09 bits per heavy atom. The van der Waals surface area contributed by atoms with Crippen LogP contribution < -0.4 is 10.1 Å². The van der Waals surface area contributed by atoms with Gasteiger partial charge in [-0.1, -0.05) is 28.1 Å². The van der Waals surface area contributed by atoms with E-state index in [0.717, 1.165) is 22.2 Å². The van der Waals surface area contributed by atoms with E-state index in [9.17, 15) is 9.90 Å². The molecule has 0 fully saturated rings. The lowest BCUT2D eigenvalue weighted by atomic mass is 10.2. The Morgan fingerprint density at radius 1 is 1.27 bits per heavy atom. The molecule has 0 unspecified atom stereocenters. The minimum absolute atomic E-state index is 0.258. The van der Waals surface area contributed by atoms with Crippen LogP contribution in [0.5, 0.6) is 5.75 Å². The van der Waals surface area contributed by atoms with Gasteiger partial charge in [-0.15, -0.1) is 0 Å². The van der Waals surface area contributed by atoms with E-state index >= 15 is 0 Å². The van der Waals surface area contributed by atoms with Crippen LogP contribution in [0.2, 0.25) is 0 Å². The van der Waals surface area contributed by atoms with Gasteiger partial charge in [0.2, 0.25) is 0 Å². The maximum absolute atomic E-state index is 11.2. The van der Waals surface area contributed by atoms with E-state index in [-0.39, 0.29) is 5.56 Å². The van der Waals surface area contributed by atoms with Crippen LogP contribution in [0.3, 0.4) is 0 Å². The van der Waals surface area contributed by atoms with Crippen molar-refractivity contribution >= 4 is 27.6 Å². The Labute approximate surface area is 138 Å². The molecule has 116 valence electrons. The first-order valence-electron chi connectivity index (χ1n) is 7.02. The molecule has 2 aromatic rings. The van der Waals surface area contributed by atoms with Crippen molar-refractivity contribution in [3.63, 3.8) is 0 Å². The summed E-state index contributed by atoms with van der Waals surface area (Å²) in [6.45, 7) is 3.25. The van der Waals surface area contributed by atoms with Crippen LogP contribution in [0, 0.1) is 6.92 Å². The maximum atomic E-state index is 11.2. The van der Waals surface area contributed by atoms with Crippen LogP contribution >= 0.6 is 15.9 Å². The summed E-state index contributed by atoms with van der Waals surface area (Å²) in [5.74, 6) is -0.0883. The van der Waals surface area contributed by atoms with Crippen LogP contribution in [-0.4, -0.2) is 24.2 Å². The monoisotopic (exact) mass is 363 g/mol. The molecule has 0 spiro atoms. The van der Waals surface area contributed by atoms with E-state index < -0.39 is 5.97 Å². The van der Waals surface area contributed by atoms with Crippen LogP contribution in [0.25, 0.3) is 0 Å². The Bertz CT molecular complexity index is 658. The number of nitrogens with one attached hydrogen (secondary N) is 1. The Hall–Kier alpha value is -2.01. The number of carboxylic acid groups (broad SMARTS) is 1. The first-order chi connectivity index (χ1) is 10.6. The molecule has 0 aliphatic heterocycles. The maximum Gasteiger partial charge on any atom is 0.337 e. The predicted molar refractivity (Wildman–Crippen MR) is 90.9 cm³/mol. The first-order valence-corrected chi connectivity index (χ1v) is 7.82. The van der Waals surface area contributed by atoms with Gasteiger partial charge in [-0.2, -0.15) is 0 Å². The summed E-state index contributed by atoms with van der Waals surface area (Å²) in [6, 6.07) is 13.1. The average Bonchev–Trinajstić information content (AvgIpc) is 2.48. The molecule has 0 saturated carbocycles. The lowest BCUT2D eigenvalue weighted by Crippen LogP contribution is -2.10. The fourth-order valence-corrected chi connectivity index (χ4v) is 2.40. The third kappa shape index (κ3) is 4.77. The number of hydrogen-bond acceptors (Lipinski definition) is 3. The van der Waals surface area contributed by atoms with E-state index in [1.165, 1.54) is 0 Å². The molecule has 0 amide bonds. The lowest BCUT2D eigenvalue weighted by molar-refractivity contribution is 0.0698. The Kier molecular flexibility index (Phi) is 5.83. The molecular weight excluding hydrogens is 346 g/mol. The highest BCUT2D eigenvalue weighted by atomic mass is 79.9. The highest BCUT2D eigenvalue weighted by molar-refractivity contribution is 9.10. The number of ether oxygens (including phenoxy) is 1. The third-order valence-electron chi connectivity index (χ3n) is 3.11. The molecular formula is C17H18BrNO3. The van der Waals surface area contributed by atoms with E-state index in [4.69, 9.17) is 4.74 Å². The number of carbonyl (C=O) groups is 1. The van der Waals surface area contributed by atoms with Crippen molar-refractivity contribution in [2.45, 2.75) is 13.3 Å². The van der Waals surface area contributed by atoms with E-state index in [0.29, 0.717) is 18.8 Å². The topological polar surface area (TPSA) is 58.6 Å². The number of halogens is 1. The molecule has 0 heterocycles. The summed E-state index contributed by atoms with van der Waals surface area (Å²) in [6.07, 6.45) is 0.781. The van der Waals surface area contributed by atoms with E-state index in [1.807, 2.05) is 37.3 Å². The second-order valence-corrected chi connectivity index (χ2v) is 5.86. The number of rotatable bonds is 7. The number of aryl methyl sites for hydroxylation is 1. The van der Waals surface area contributed by atoms with Crippen molar-refractivity contribution in [3.8, 4) is 5.75 Å². The zero-order chi connectivity index (χ0) is 15.9. The van der Waals surface area contributed by atoms with Crippen molar-refractivity contribution in [3.05, 3.63) is 58.1 Å². The van der Waals surface area contributed by atoms with Crippen molar-refractivity contribution in [2.24, 2.45) is 0 Å². The first kappa shape index (κ1) is 16.4. The molecule has 2 rings (SSSR count). The number of carboxylic acids is 1. The summed E-state index contributed by atoms with van der Waals surface area (Å²) >= 11 is 3.28. The fourth-order valence-electron chi connectivity index (χ4n) is 2.04. The summed E-state index contributed by atoms with van der Waals surface area (Å²) in [5.41, 5.74) is 2.04. The summed E-state index contributed by atoms with van der Waals surface area (Å²) in [7, 11) is 0. The molecule has 0 aromatic heterocycles. The lowest BCUT2D eigenvalue weighted by Gasteiger charge is -2.11. The molecule has 0 atom stereocenters. The van der Waals surface area contributed by atoms with Gasteiger partial charge in [0.05, 0.1) is 12.2 Å². The summed E-state index contributed by atoms with van der Waals surface area (Å²) in [5, 5.41) is 12.3. The van der Waals surface area contributed by atoms with E-state index in [1.54, 1.807) is 12.1 Å². The molecule has 0 radical (unpaired) electrons. The van der Waals surface area contributed by atoms with Crippen molar-refractivity contribution in [1.82, 2.24) is 0 Å². The van der Waals surface area contributed by atoms with Crippen LogP contribution in [0.4, 0.5) is 5.69 Å². The average molecular weight is 364 g/mol. The van der Waals surface area contributed by atoms with Gasteiger partial charge in [0.15, 0.2) is 0 Å². The largest absolute Gasteiger partial charge is 0.494 e. The quantitative estimate of drug-likeness (QED) is 0.718. The second kappa shape index (κ2) is 7.84. The van der Waals surface area contributed by atoms with Crippen LogP contribution in [-0.2, 0) is 0 Å². The highest BCUT2D eigenvalue weighted by Crippen LogP contribution is 2.21. The van der Waals surface area contributed by atoms with Crippen LogP contribution in [0.1, 0.15) is 22.3 Å². The van der Waals surface area contributed by atoms with E-state index in [2.05, 4.69) is 21.2 Å². The molecule has 0 saturated heterocycles. The van der Waals surface area contributed by atoms with Crippen molar-refractivity contribution in [1.29, 1.82) is 0 Å². The molecule has 5 heteroatoms. The smallest absolute Gasteiger partial charge is 0.337 e. The fraction of sp³-hybridized carbons (Fsp3) is 0.235. The Balaban J connectivity index is 1.81. The molecule has 2 N–H and O–H groups in total. The van der Waals surface area contributed by atoms with Gasteiger partial charge < -0.3 is 15.2 Å². The highest BCUT2D eigenvalue weighted by Gasteiger charge is 2.09. The van der Waals surface area contributed by atoms with Gasteiger partial charge in [-0.05, 0) is 49.2 Å². The van der Waals surface area contributed by atoms with Gasteiger partial charge in [0.25, 0.3) is 0 Å². The van der Waals surface area contributed by atoms with Gasteiger partial charge in [0, 0.05) is 16.7 Å². The number of aromatic carboxylic acids is 1. The van der Waals surface area contributed by atoms with Crippen molar-refractivity contribution in [2.75, 3.05) is 18.5 Å².